The molecule has 0 spiro atoms. The number of halogens is 1. The van der Waals surface area contributed by atoms with Gasteiger partial charge in [-0.1, -0.05) is 37.5 Å². The van der Waals surface area contributed by atoms with Crippen molar-refractivity contribution >= 4 is 29.9 Å². The highest BCUT2D eigenvalue weighted by atomic mass is 127. The minimum atomic E-state index is 0. The number of nitrogens with zero attached hydrogens (tertiary/aromatic N) is 3. The van der Waals surface area contributed by atoms with Gasteiger partial charge in [0.05, 0.1) is 12.2 Å². The predicted octanol–water partition coefficient (Wildman–Crippen LogP) is 4.42. The van der Waals surface area contributed by atoms with E-state index in [0.717, 1.165) is 29.8 Å². The van der Waals surface area contributed by atoms with E-state index in [1.807, 2.05) is 37.4 Å². The molecule has 0 radical (unpaired) electrons. The van der Waals surface area contributed by atoms with E-state index < -0.39 is 0 Å². The maximum atomic E-state index is 5.63. The molecule has 1 unspecified atom stereocenters. The number of piperidine rings is 1. The molecular weight excluding hydrogens is 489 g/mol. The molecule has 0 bridgehead atoms. The molecule has 0 amide bonds. The average molecular weight is 523 g/mol. The number of oxazole rings is 1. The molecule has 1 saturated heterocycles. The molecular formula is C23H34IN5O. The van der Waals surface area contributed by atoms with Crippen LogP contribution in [0.1, 0.15) is 50.6 Å². The zero-order valence-corrected chi connectivity index (χ0v) is 20.2. The third-order valence-corrected chi connectivity index (χ3v) is 6.12. The summed E-state index contributed by atoms with van der Waals surface area (Å²) in [5, 5.41) is 7.01. The first-order chi connectivity index (χ1) is 14.3. The van der Waals surface area contributed by atoms with Crippen LogP contribution in [0.25, 0.3) is 11.5 Å². The standard InChI is InChI=1S/C23H33N5O.HI/c1-24-23(25-15-20-17-29-22(26-20)18-9-4-2-5-10-18)27-19-11-8-14-28(16-19)21-12-6-3-7-13-21;/h2,4-5,9-10,17,19,21H,3,6-8,11-16H2,1H3,(H2,24,25,27);1H. The molecule has 30 heavy (non-hydrogen) atoms. The Labute approximate surface area is 196 Å². The molecule has 1 aliphatic heterocycles. The minimum absolute atomic E-state index is 0. The van der Waals surface area contributed by atoms with Crippen molar-refractivity contribution in [3.05, 3.63) is 42.3 Å². The van der Waals surface area contributed by atoms with Gasteiger partial charge >= 0.3 is 0 Å². The second-order valence-corrected chi connectivity index (χ2v) is 8.21. The van der Waals surface area contributed by atoms with Gasteiger partial charge in [0.2, 0.25) is 5.89 Å². The van der Waals surface area contributed by atoms with Crippen LogP contribution in [0.3, 0.4) is 0 Å². The second kappa shape index (κ2) is 11.7. The normalized spacial score (nSPS) is 21.1. The van der Waals surface area contributed by atoms with Crippen LogP contribution in [0.15, 0.2) is 46.0 Å². The van der Waals surface area contributed by atoms with Gasteiger partial charge in [-0.05, 0) is 44.4 Å². The largest absolute Gasteiger partial charge is 0.444 e. The number of nitrogens with one attached hydrogen (secondary N) is 2. The van der Waals surface area contributed by atoms with Crippen molar-refractivity contribution in [3.63, 3.8) is 0 Å². The first-order valence-electron chi connectivity index (χ1n) is 11.0. The molecule has 1 aromatic carbocycles. The monoisotopic (exact) mass is 523 g/mol. The lowest BCUT2D eigenvalue weighted by Crippen LogP contribution is -2.53. The van der Waals surface area contributed by atoms with Gasteiger partial charge in [0.15, 0.2) is 5.96 Å². The summed E-state index contributed by atoms with van der Waals surface area (Å²) in [7, 11) is 1.83. The highest BCUT2D eigenvalue weighted by Gasteiger charge is 2.27. The lowest BCUT2D eigenvalue weighted by Gasteiger charge is -2.40. The molecule has 2 fully saturated rings. The van der Waals surface area contributed by atoms with Crippen LogP contribution in [0.4, 0.5) is 0 Å². The van der Waals surface area contributed by atoms with Gasteiger partial charge in [-0.25, -0.2) is 4.98 Å². The quantitative estimate of drug-likeness (QED) is 0.345. The van der Waals surface area contributed by atoms with E-state index in [9.17, 15) is 0 Å². The van der Waals surface area contributed by atoms with Gasteiger partial charge in [0.1, 0.15) is 6.26 Å². The Bertz CT molecular complexity index is 788. The fourth-order valence-corrected chi connectivity index (χ4v) is 4.57. The van der Waals surface area contributed by atoms with Crippen molar-refractivity contribution in [2.24, 2.45) is 4.99 Å². The predicted molar refractivity (Wildman–Crippen MR) is 132 cm³/mol. The van der Waals surface area contributed by atoms with Crippen LogP contribution in [0, 0.1) is 0 Å². The van der Waals surface area contributed by atoms with Crippen LogP contribution >= 0.6 is 24.0 Å². The molecule has 2 aromatic rings. The van der Waals surface area contributed by atoms with Crippen LogP contribution in [0.2, 0.25) is 0 Å². The molecule has 2 heterocycles. The van der Waals surface area contributed by atoms with Crippen LogP contribution in [-0.4, -0.2) is 48.1 Å². The molecule has 1 saturated carbocycles. The smallest absolute Gasteiger partial charge is 0.226 e. The van der Waals surface area contributed by atoms with Gasteiger partial charge in [-0.2, -0.15) is 0 Å². The van der Waals surface area contributed by atoms with E-state index in [1.165, 1.54) is 51.5 Å². The second-order valence-electron chi connectivity index (χ2n) is 8.21. The first-order valence-corrected chi connectivity index (χ1v) is 11.0. The number of hydrogen-bond donors (Lipinski definition) is 2. The topological polar surface area (TPSA) is 65.7 Å². The van der Waals surface area contributed by atoms with Crippen LogP contribution in [-0.2, 0) is 6.54 Å². The summed E-state index contributed by atoms with van der Waals surface area (Å²) in [5.74, 6) is 1.49. The summed E-state index contributed by atoms with van der Waals surface area (Å²) in [5.41, 5.74) is 1.87. The molecule has 7 heteroatoms. The van der Waals surface area contributed by atoms with E-state index in [1.54, 1.807) is 6.26 Å². The Balaban J connectivity index is 0.00000256. The van der Waals surface area contributed by atoms with Gasteiger partial charge < -0.3 is 15.1 Å². The summed E-state index contributed by atoms with van der Waals surface area (Å²) < 4.78 is 5.63. The fourth-order valence-electron chi connectivity index (χ4n) is 4.57. The van der Waals surface area contributed by atoms with E-state index >= 15 is 0 Å². The van der Waals surface area contributed by atoms with E-state index in [4.69, 9.17) is 4.42 Å². The van der Waals surface area contributed by atoms with Crippen molar-refractivity contribution in [2.75, 3.05) is 20.1 Å². The van der Waals surface area contributed by atoms with Gasteiger partial charge in [-0.15, -0.1) is 24.0 Å². The number of aliphatic imine (C=N–C) groups is 1. The SMILES string of the molecule is CN=C(NCc1coc(-c2ccccc2)n1)NC1CCCN(C2CCCCC2)C1.I. The van der Waals surface area contributed by atoms with E-state index in [-0.39, 0.29) is 24.0 Å². The number of guanidine groups is 1. The highest BCUT2D eigenvalue weighted by molar-refractivity contribution is 14.0. The minimum Gasteiger partial charge on any atom is -0.444 e. The highest BCUT2D eigenvalue weighted by Crippen LogP contribution is 2.25. The summed E-state index contributed by atoms with van der Waals surface area (Å²) in [6.45, 7) is 2.96. The molecule has 4 rings (SSSR count). The molecule has 1 aliphatic carbocycles. The van der Waals surface area contributed by atoms with Crippen molar-refractivity contribution in [3.8, 4) is 11.5 Å². The van der Waals surface area contributed by atoms with E-state index in [0.29, 0.717) is 18.5 Å². The Hall–Kier alpha value is -1.61. The maximum Gasteiger partial charge on any atom is 0.226 e. The average Bonchev–Trinajstić information content (AvgIpc) is 3.27. The summed E-state index contributed by atoms with van der Waals surface area (Å²) in [6.07, 6.45) is 11.1. The summed E-state index contributed by atoms with van der Waals surface area (Å²) in [4.78, 5) is 11.7. The van der Waals surface area contributed by atoms with Crippen molar-refractivity contribution in [1.82, 2.24) is 20.5 Å². The summed E-state index contributed by atoms with van der Waals surface area (Å²) in [6, 6.07) is 11.2. The number of likely N-dealkylation sites (tertiary alicyclic amines) is 1. The van der Waals surface area contributed by atoms with Crippen LogP contribution in [0.5, 0.6) is 0 Å². The van der Waals surface area contributed by atoms with Gasteiger partial charge in [0.25, 0.3) is 0 Å². The number of rotatable bonds is 5. The number of benzene rings is 1. The molecule has 1 aromatic heterocycles. The molecule has 6 nitrogen and oxygen atoms in total. The molecule has 2 N–H and O–H groups in total. The van der Waals surface area contributed by atoms with Gasteiger partial charge in [0, 0.05) is 31.2 Å². The van der Waals surface area contributed by atoms with E-state index in [2.05, 4.69) is 25.5 Å². The zero-order valence-electron chi connectivity index (χ0n) is 17.8. The summed E-state index contributed by atoms with van der Waals surface area (Å²) >= 11 is 0. The third-order valence-electron chi connectivity index (χ3n) is 6.12. The molecule has 1 atom stereocenters. The molecule has 2 aliphatic rings. The fraction of sp³-hybridized carbons (Fsp3) is 0.565. The Morgan fingerprint density at radius 1 is 1.13 bits per heavy atom. The first kappa shape index (κ1) is 23.1. The van der Waals surface area contributed by atoms with Crippen molar-refractivity contribution in [2.45, 2.75) is 63.6 Å². The zero-order chi connectivity index (χ0) is 19.9. The van der Waals surface area contributed by atoms with Crippen molar-refractivity contribution in [1.29, 1.82) is 0 Å². The van der Waals surface area contributed by atoms with Crippen molar-refractivity contribution < 1.29 is 4.42 Å². The number of aromatic nitrogens is 1. The van der Waals surface area contributed by atoms with Crippen LogP contribution < -0.4 is 10.6 Å². The number of hydrogen-bond acceptors (Lipinski definition) is 4. The van der Waals surface area contributed by atoms with Gasteiger partial charge in [-0.3, -0.25) is 9.89 Å². The Morgan fingerprint density at radius 2 is 1.93 bits per heavy atom. The third kappa shape index (κ3) is 6.20. The lowest BCUT2D eigenvalue weighted by molar-refractivity contribution is 0.115. The Morgan fingerprint density at radius 3 is 2.70 bits per heavy atom. The molecule has 164 valence electrons. The lowest BCUT2D eigenvalue weighted by atomic mass is 9.92. The maximum absolute atomic E-state index is 5.63. The Kier molecular flexibility index (Phi) is 8.99.